The lowest BCUT2D eigenvalue weighted by molar-refractivity contribution is -0.144. The maximum absolute atomic E-state index is 13.8. The maximum Gasteiger partial charge on any atom is 0.408 e. The van der Waals surface area contributed by atoms with Crippen molar-refractivity contribution in [3.8, 4) is 0 Å². The number of benzene rings is 2. The molecular formula is C32H42N4O5. The number of nitrogens with zero attached hydrogens (tertiary/aromatic N) is 1. The highest BCUT2D eigenvalue weighted by molar-refractivity contribution is 5.94. The molecule has 2 aromatic rings. The van der Waals surface area contributed by atoms with Gasteiger partial charge in [-0.2, -0.15) is 0 Å². The number of hydrogen-bond donors (Lipinski definition) is 3. The first-order valence-corrected chi connectivity index (χ1v) is 14.8. The zero-order chi connectivity index (χ0) is 29.2. The standard InChI is InChI=1S/C32H42N4O5/c1-3-19-33-30(38)28-18-17-25-11-7-8-12-26(31(39)36(25)28)34-29(37)27(20-23-15-13-22(2)14-16-23)35-32(40)41-21-24-9-5-4-6-10-24/h4-6,9-10,13-16,25-28H,3,7-8,11-12,17-21H2,1-2H3,(H,33,38)(H,34,37)(H,35,40). The summed E-state index contributed by atoms with van der Waals surface area (Å²) in [5, 5.41) is 8.58. The van der Waals surface area contributed by atoms with Gasteiger partial charge < -0.3 is 25.6 Å². The minimum Gasteiger partial charge on any atom is -0.445 e. The van der Waals surface area contributed by atoms with Crippen LogP contribution >= 0.6 is 0 Å². The lowest BCUT2D eigenvalue weighted by Crippen LogP contribution is -2.59. The van der Waals surface area contributed by atoms with Gasteiger partial charge in [0.25, 0.3) is 0 Å². The summed E-state index contributed by atoms with van der Waals surface area (Å²) in [5.74, 6) is -0.810. The molecule has 4 atom stereocenters. The quantitative estimate of drug-likeness (QED) is 0.408. The number of carbonyl (C=O) groups is 4. The first-order valence-electron chi connectivity index (χ1n) is 14.8. The molecule has 0 aliphatic carbocycles. The van der Waals surface area contributed by atoms with Gasteiger partial charge in [-0.15, -0.1) is 0 Å². The first kappa shape index (κ1) is 30.1. The molecule has 2 aromatic carbocycles. The van der Waals surface area contributed by atoms with E-state index in [0.717, 1.165) is 48.8 Å². The van der Waals surface area contributed by atoms with Crippen molar-refractivity contribution in [3.05, 3.63) is 71.3 Å². The molecule has 2 saturated heterocycles. The zero-order valence-electron chi connectivity index (χ0n) is 24.1. The van der Waals surface area contributed by atoms with Crippen molar-refractivity contribution < 1.29 is 23.9 Å². The molecule has 4 rings (SSSR count). The molecule has 9 nitrogen and oxygen atoms in total. The van der Waals surface area contributed by atoms with Crippen molar-refractivity contribution in [1.29, 1.82) is 0 Å². The number of aryl methyl sites for hydroxylation is 1. The summed E-state index contributed by atoms with van der Waals surface area (Å²) < 4.78 is 5.39. The average molecular weight is 563 g/mol. The van der Waals surface area contributed by atoms with E-state index in [-0.39, 0.29) is 30.9 Å². The maximum atomic E-state index is 13.8. The Morgan fingerprint density at radius 3 is 2.41 bits per heavy atom. The van der Waals surface area contributed by atoms with Crippen molar-refractivity contribution in [1.82, 2.24) is 20.9 Å². The van der Waals surface area contributed by atoms with Gasteiger partial charge in [0.15, 0.2) is 0 Å². The zero-order valence-corrected chi connectivity index (χ0v) is 24.1. The smallest absolute Gasteiger partial charge is 0.408 e. The Morgan fingerprint density at radius 1 is 0.951 bits per heavy atom. The molecule has 3 N–H and O–H groups in total. The van der Waals surface area contributed by atoms with E-state index < -0.39 is 30.1 Å². The van der Waals surface area contributed by atoms with Gasteiger partial charge in [-0.1, -0.05) is 79.9 Å². The lowest BCUT2D eigenvalue weighted by Gasteiger charge is -2.35. The Labute approximate surface area is 242 Å². The monoisotopic (exact) mass is 562 g/mol. The fraction of sp³-hybridized carbons (Fsp3) is 0.500. The summed E-state index contributed by atoms with van der Waals surface area (Å²) in [4.78, 5) is 54.8. The predicted octanol–water partition coefficient (Wildman–Crippen LogP) is 3.78. The number of hydrogen-bond acceptors (Lipinski definition) is 5. The second-order valence-electron chi connectivity index (χ2n) is 11.1. The van der Waals surface area contributed by atoms with Crippen LogP contribution in [0.2, 0.25) is 0 Å². The van der Waals surface area contributed by atoms with Gasteiger partial charge in [0.2, 0.25) is 17.7 Å². The highest BCUT2D eigenvalue weighted by Gasteiger charge is 2.44. The van der Waals surface area contributed by atoms with Crippen LogP contribution in [-0.4, -0.2) is 59.4 Å². The van der Waals surface area contributed by atoms with Crippen LogP contribution in [-0.2, 0) is 32.1 Å². The normalized spacial score (nSPS) is 21.2. The molecule has 2 heterocycles. The summed E-state index contributed by atoms with van der Waals surface area (Å²) in [7, 11) is 0. The van der Waals surface area contributed by atoms with Crippen LogP contribution in [0.4, 0.5) is 4.79 Å². The second-order valence-corrected chi connectivity index (χ2v) is 11.1. The average Bonchev–Trinajstić information content (AvgIpc) is 3.40. The highest BCUT2D eigenvalue weighted by Crippen LogP contribution is 2.31. The molecule has 4 unspecified atom stereocenters. The van der Waals surface area contributed by atoms with Crippen molar-refractivity contribution in [2.45, 2.75) is 96.0 Å². The number of nitrogens with one attached hydrogen (secondary N) is 3. The van der Waals surface area contributed by atoms with Crippen LogP contribution in [0.5, 0.6) is 0 Å². The third kappa shape index (κ3) is 8.31. The molecule has 2 aliphatic rings. The van der Waals surface area contributed by atoms with Gasteiger partial charge in [0.1, 0.15) is 24.7 Å². The van der Waals surface area contributed by atoms with E-state index in [1.807, 2.05) is 68.4 Å². The summed E-state index contributed by atoms with van der Waals surface area (Å²) in [5.41, 5.74) is 2.79. The molecule has 0 saturated carbocycles. The third-order valence-corrected chi connectivity index (χ3v) is 7.89. The fourth-order valence-electron chi connectivity index (χ4n) is 5.64. The number of amides is 4. The minimum atomic E-state index is -0.947. The van der Waals surface area contributed by atoms with Crippen LogP contribution in [0.25, 0.3) is 0 Å². The molecule has 9 heteroatoms. The fourth-order valence-corrected chi connectivity index (χ4v) is 5.64. The molecule has 41 heavy (non-hydrogen) atoms. The number of fused-ring (bicyclic) bond motifs is 1. The molecule has 0 spiro atoms. The van der Waals surface area contributed by atoms with Gasteiger partial charge in [0.05, 0.1) is 0 Å². The van der Waals surface area contributed by atoms with Crippen molar-refractivity contribution in [3.63, 3.8) is 0 Å². The van der Waals surface area contributed by atoms with Crippen molar-refractivity contribution in [2.24, 2.45) is 0 Å². The van der Waals surface area contributed by atoms with Gasteiger partial charge in [0, 0.05) is 19.0 Å². The second kappa shape index (κ2) is 14.7. The van der Waals surface area contributed by atoms with Crippen LogP contribution in [0.1, 0.15) is 68.6 Å². The lowest BCUT2D eigenvalue weighted by atomic mass is 9.98. The topological polar surface area (TPSA) is 117 Å². The van der Waals surface area contributed by atoms with Crippen molar-refractivity contribution in [2.75, 3.05) is 6.54 Å². The largest absolute Gasteiger partial charge is 0.445 e. The summed E-state index contributed by atoms with van der Waals surface area (Å²) in [6.07, 6.45) is 4.79. The van der Waals surface area contributed by atoms with Crippen LogP contribution in [0, 0.1) is 6.92 Å². The van der Waals surface area contributed by atoms with E-state index in [2.05, 4.69) is 16.0 Å². The molecule has 2 aliphatic heterocycles. The van der Waals surface area contributed by atoms with E-state index in [1.54, 1.807) is 4.90 Å². The Kier molecular flexibility index (Phi) is 10.8. The first-order chi connectivity index (χ1) is 19.9. The molecule has 0 aromatic heterocycles. The van der Waals surface area contributed by atoms with Crippen molar-refractivity contribution >= 4 is 23.8 Å². The van der Waals surface area contributed by atoms with E-state index in [9.17, 15) is 19.2 Å². The van der Waals surface area contributed by atoms with Crippen LogP contribution in [0.15, 0.2) is 54.6 Å². The van der Waals surface area contributed by atoms with Gasteiger partial charge in [-0.05, 0) is 50.2 Å². The molecular weight excluding hydrogens is 520 g/mol. The van der Waals surface area contributed by atoms with E-state index in [0.29, 0.717) is 19.4 Å². The van der Waals surface area contributed by atoms with Gasteiger partial charge in [-0.25, -0.2) is 4.79 Å². The van der Waals surface area contributed by atoms with Gasteiger partial charge in [-0.3, -0.25) is 14.4 Å². The SMILES string of the molecule is CCCNC(=O)C1CCC2CCCCC(NC(=O)C(Cc3ccc(C)cc3)NC(=O)OCc3ccccc3)C(=O)N21. The molecule has 0 bridgehead atoms. The molecule has 220 valence electrons. The number of carbonyl (C=O) groups excluding carboxylic acids is 4. The highest BCUT2D eigenvalue weighted by atomic mass is 16.5. The predicted molar refractivity (Wildman–Crippen MR) is 156 cm³/mol. The van der Waals surface area contributed by atoms with Gasteiger partial charge >= 0.3 is 6.09 Å². The number of rotatable bonds is 10. The Balaban J connectivity index is 1.47. The number of ether oxygens (including phenoxy) is 1. The number of alkyl carbamates (subject to hydrolysis) is 1. The van der Waals surface area contributed by atoms with E-state index in [1.165, 1.54) is 0 Å². The molecule has 2 fully saturated rings. The summed E-state index contributed by atoms with van der Waals surface area (Å²) in [6, 6.07) is 14.8. The van der Waals surface area contributed by atoms with Crippen LogP contribution in [0.3, 0.4) is 0 Å². The van der Waals surface area contributed by atoms with Crippen LogP contribution < -0.4 is 16.0 Å². The Bertz CT molecular complexity index is 1190. The van der Waals surface area contributed by atoms with E-state index in [4.69, 9.17) is 4.74 Å². The molecule has 0 radical (unpaired) electrons. The Morgan fingerprint density at radius 2 is 1.68 bits per heavy atom. The Hall–Kier alpha value is -3.88. The van der Waals surface area contributed by atoms with E-state index >= 15 is 0 Å². The third-order valence-electron chi connectivity index (χ3n) is 7.89. The molecule has 4 amide bonds. The minimum absolute atomic E-state index is 0.00553. The summed E-state index contributed by atoms with van der Waals surface area (Å²) in [6.45, 7) is 4.61. The summed E-state index contributed by atoms with van der Waals surface area (Å²) >= 11 is 0.